The molecule has 0 aromatic carbocycles. The maximum Gasteiger partial charge on any atom is 0.227 e. The van der Waals surface area contributed by atoms with Gasteiger partial charge in [-0.15, -0.1) is 0 Å². The molecule has 0 spiro atoms. The lowest BCUT2D eigenvalue weighted by Gasteiger charge is -2.32. The molecule has 1 atom stereocenters. The summed E-state index contributed by atoms with van der Waals surface area (Å²) in [6, 6.07) is 0. The van der Waals surface area contributed by atoms with Gasteiger partial charge in [-0.2, -0.15) is 0 Å². The van der Waals surface area contributed by atoms with Crippen molar-refractivity contribution in [3.63, 3.8) is 0 Å². The highest BCUT2D eigenvalue weighted by atomic mass is 16.2. The second kappa shape index (κ2) is 9.35. The van der Waals surface area contributed by atoms with Gasteiger partial charge in [0, 0.05) is 26.2 Å². The van der Waals surface area contributed by atoms with Gasteiger partial charge < -0.3 is 15.1 Å². The van der Waals surface area contributed by atoms with E-state index in [9.17, 15) is 4.79 Å². The number of carbonyl (C=O) groups excluding carboxylic acids is 1. The van der Waals surface area contributed by atoms with Gasteiger partial charge in [0.2, 0.25) is 5.91 Å². The summed E-state index contributed by atoms with van der Waals surface area (Å²) >= 11 is 0. The lowest BCUT2D eigenvalue weighted by molar-refractivity contribution is -0.136. The second-order valence-corrected chi connectivity index (χ2v) is 6.25. The van der Waals surface area contributed by atoms with E-state index in [0.717, 1.165) is 58.7 Å². The largest absolute Gasteiger partial charge is 0.341 e. The van der Waals surface area contributed by atoms with Crippen LogP contribution in [0.4, 0.5) is 0 Å². The third kappa shape index (κ3) is 5.80. The van der Waals surface area contributed by atoms with Gasteiger partial charge >= 0.3 is 0 Å². The van der Waals surface area contributed by atoms with E-state index in [0.29, 0.717) is 11.8 Å². The predicted octanol–water partition coefficient (Wildman–Crippen LogP) is 1.81. The van der Waals surface area contributed by atoms with Crippen LogP contribution in [0.25, 0.3) is 0 Å². The van der Waals surface area contributed by atoms with Crippen LogP contribution in [0.15, 0.2) is 0 Å². The average molecular weight is 283 g/mol. The standard InChI is InChI=1S/C16H33N3O/c1-5-18(6-2)10-11-19(13-14(3)4)16(20)15-8-7-9-17-12-15/h14-15,17H,5-13H2,1-4H3/t15-/m1/s1. The minimum atomic E-state index is 0.194. The van der Waals surface area contributed by atoms with Crippen LogP contribution in [-0.4, -0.2) is 61.5 Å². The first-order chi connectivity index (χ1) is 9.58. The lowest BCUT2D eigenvalue weighted by atomic mass is 9.97. The molecule has 0 unspecified atom stereocenters. The molecule has 1 aliphatic rings. The highest BCUT2D eigenvalue weighted by molar-refractivity contribution is 5.79. The van der Waals surface area contributed by atoms with E-state index in [2.05, 4.69) is 42.8 Å². The monoisotopic (exact) mass is 283 g/mol. The van der Waals surface area contributed by atoms with Crippen LogP contribution in [0.3, 0.4) is 0 Å². The first-order valence-electron chi connectivity index (χ1n) is 8.30. The molecular weight excluding hydrogens is 250 g/mol. The second-order valence-electron chi connectivity index (χ2n) is 6.25. The maximum atomic E-state index is 12.7. The summed E-state index contributed by atoms with van der Waals surface area (Å²) in [5, 5.41) is 3.35. The molecule has 4 heteroatoms. The molecule has 118 valence electrons. The number of rotatable bonds is 8. The fourth-order valence-corrected chi connectivity index (χ4v) is 2.85. The lowest BCUT2D eigenvalue weighted by Crippen LogP contribution is -2.46. The maximum absolute atomic E-state index is 12.7. The summed E-state index contributed by atoms with van der Waals surface area (Å²) in [6.45, 7) is 15.5. The van der Waals surface area contributed by atoms with Crippen LogP contribution in [0.2, 0.25) is 0 Å². The summed E-state index contributed by atoms with van der Waals surface area (Å²) < 4.78 is 0. The predicted molar refractivity (Wildman–Crippen MR) is 84.8 cm³/mol. The van der Waals surface area contributed by atoms with Crippen molar-refractivity contribution in [1.82, 2.24) is 15.1 Å². The number of likely N-dealkylation sites (N-methyl/N-ethyl adjacent to an activating group) is 1. The molecule has 1 heterocycles. The van der Waals surface area contributed by atoms with Crippen molar-refractivity contribution in [3.8, 4) is 0 Å². The highest BCUT2D eigenvalue weighted by Gasteiger charge is 2.26. The summed E-state index contributed by atoms with van der Waals surface area (Å²) in [4.78, 5) is 17.2. The van der Waals surface area contributed by atoms with E-state index in [1.54, 1.807) is 0 Å². The molecule has 1 fully saturated rings. The molecule has 1 rings (SSSR count). The molecule has 1 N–H and O–H groups in total. The molecule has 4 nitrogen and oxygen atoms in total. The quantitative estimate of drug-likeness (QED) is 0.738. The zero-order valence-electron chi connectivity index (χ0n) is 13.8. The minimum absolute atomic E-state index is 0.194. The van der Waals surface area contributed by atoms with Crippen molar-refractivity contribution < 1.29 is 4.79 Å². The van der Waals surface area contributed by atoms with Crippen molar-refractivity contribution in [1.29, 1.82) is 0 Å². The van der Waals surface area contributed by atoms with Crippen LogP contribution in [0, 0.1) is 11.8 Å². The van der Waals surface area contributed by atoms with Crippen molar-refractivity contribution in [3.05, 3.63) is 0 Å². The summed E-state index contributed by atoms with van der Waals surface area (Å²) in [6.07, 6.45) is 2.17. The zero-order valence-corrected chi connectivity index (χ0v) is 13.8. The smallest absolute Gasteiger partial charge is 0.227 e. The molecule has 1 amide bonds. The van der Waals surface area contributed by atoms with Crippen molar-refractivity contribution in [2.45, 2.75) is 40.5 Å². The van der Waals surface area contributed by atoms with E-state index < -0.39 is 0 Å². The molecule has 1 saturated heterocycles. The van der Waals surface area contributed by atoms with Crippen molar-refractivity contribution in [2.24, 2.45) is 11.8 Å². The van der Waals surface area contributed by atoms with Crippen LogP contribution < -0.4 is 5.32 Å². The van der Waals surface area contributed by atoms with E-state index in [1.807, 2.05) is 0 Å². The van der Waals surface area contributed by atoms with Crippen LogP contribution in [0.1, 0.15) is 40.5 Å². The fourth-order valence-electron chi connectivity index (χ4n) is 2.85. The van der Waals surface area contributed by atoms with Gasteiger partial charge in [0.15, 0.2) is 0 Å². The van der Waals surface area contributed by atoms with E-state index in [-0.39, 0.29) is 5.92 Å². The Morgan fingerprint density at radius 2 is 1.95 bits per heavy atom. The highest BCUT2D eigenvalue weighted by Crippen LogP contribution is 2.14. The number of piperidine rings is 1. The third-order valence-corrected chi connectivity index (χ3v) is 4.12. The summed E-state index contributed by atoms with van der Waals surface area (Å²) in [7, 11) is 0. The van der Waals surface area contributed by atoms with Crippen molar-refractivity contribution >= 4 is 5.91 Å². The Bertz CT molecular complexity index is 271. The third-order valence-electron chi connectivity index (χ3n) is 4.12. The van der Waals surface area contributed by atoms with Gasteiger partial charge in [0.05, 0.1) is 5.92 Å². The van der Waals surface area contributed by atoms with Gasteiger partial charge in [0.1, 0.15) is 0 Å². The minimum Gasteiger partial charge on any atom is -0.341 e. The molecule has 0 radical (unpaired) electrons. The normalized spacial score (nSPS) is 19.6. The molecule has 1 aliphatic heterocycles. The first kappa shape index (κ1) is 17.4. The van der Waals surface area contributed by atoms with Gasteiger partial charge in [-0.3, -0.25) is 4.79 Å². The number of amides is 1. The van der Waals surface area contributed by atoms with Gasteiger partial charge in [-0.25, -0.2) is 0 Å². The van der Waals surface area contributed by atoms with Crippen LogP contribution >= 0.6 is 0 Å². The number of hydrogen-bond donors (Lipinski definition) is 1. The van der Waals surface area contributed by atoms with Crippen LogP contribution in [-0.2, 0) is 4.79 Å². The molecule has 0 aliphatic carbocycles. The Kier molecular flexibility index (Phi) is 8.15. The Morgan fingerprint density at radius 3 is 2.45 bits per heavy atom. The fraction of sp³-hybridized carbons (Fsp3) is 0.938. The van der Waals surface area contributed by atoms with Crippen molar-refractivity contribution in [2.75, 3.05) is 45.8 Å². The number of carbonyl (C=O) groups is 1. The molecular formula is C16H33N3O. The molecule has 0 aromatic rings. The summed E-state index contributed by atoms with van der Waals surface area (Å²) in [5.74, 6) is 1.09. The number of nitrogens with one attached hydrogen (secondary N) is 1. The average Bonchev–Trinajstić information content (AvgIpc) is 2.46. The molecule has 0 aromatic heterocycles. The van der Waals surface area contributed by atoms with Gasteiger partial charge in [-0.1, -0.05) is 27.7 Å². The molecule has 0 saturated carbocycles. The topological polar surface area (TPSA) is 35.6 Å². The van der Waals surface area contributed by atoms with Gasteiger partial charge in [-0.05, 0) is 38.4 Å². The molecule has 0 bridgehead atoms. The van der Waals surface area contributed by atoms with E-state index in [4.69, 9.17) is 0 Å². The molecule has 20 heavy (non-hydrogen) atoms. The summed E-state index contributed by atoms with van der Waals surface area (Å²) in [5.41, 5.74) is 0. The number of nitrogens with zero attached hydrogens (tertiary/aromatic N) is 2. The Labute approximate surface area is 124 Å². The van der Waals surface area contributed by atoms with Crippen LogP contribution in [0.5, 0.6) is 0 Å². The first-order valence-corrected chi connectivity index (χ1v) is 8.30. The zero-order chi connectivity index (χ0) is 15.0. The number of hydrogen-bond acceptors (Lipinski definition) is 3. The Balaban J connectivity index is 2.55. The SMILES string of the molecule is CCN(CC)CCN(CC(C)C)C(=O)[C@@H]1CCCNC1. The van der Waals surface area contributed by atoms with E-state index in [1.165, 1.54) is 0 Å². The van der Waals surface area contributed by atoms with E-state index >= 15 is 0 Å². The van der Waals surface area contributed by atoms with Gasteiger partial charge in [0.25, 0.3) is 0 Å². The Hall–Kier alpha value is -0.610. The Morgan fingerprint density at radius 1 is 1.25 bits per heavy atom.